The van der Waals surface area contributed by atoms with Crippen LogP contribution < -0.4 is 5.43 Å². The minimum Gasteiger partial charge on any atom is -0.253 e. The summed E-state index contributed by atoms with van der Waals surface area (Å²) in [5.74, 6) is 0. The second-order valence-corrected chi connectivity index (χ2v) is 9.84. The number of thiophene rings is 1. The van der Waals surface area contributed by atoms with E-state index in [0.29, 0.717) is 23.1 Å². The van der Waals surface area contributed by atoms with Gasteiger partial charge in [0.15, 0.2) is 0 Å². The lowest BCUT2D eigenvalue weighted by Gasteiger charge is -2.15. The summed E-state index contributed by atoms with van der Waals surface area (Å²) in [6.07, 6.45) is 3.59. The van der Waals surface area contributed by atoms with Crippen molar-refractivity contribution in [2.75, 3.05) is 18.5 Å². The summed E-state index contributed by atoms with van der Waals surface area (Å²) >= 11 is 3.03. The molecule has 2 aromatic heterocycles. The SMILES string of the molecule is O=S(=O)(c1cccc(-c2csc(N/N=C\c3cccs3)n2)c1)N1CCCC1. The molecule has 1 N–H and O–H groups in total. The van der Waals surface area contributed by atoms with Crippen molar-refractivity contribution in [2.45, 2.75) is 17.7 Å². The van der Waals surface area contributed by atoms with Crippen molar-refractivity contribution in [3.8, 4) is 11.3 Å². The number of hydrazone groups is 1. The third-order valence-corrected chi connectivity index (χ3v) is 7.68. The van der Waals surface area contributed by atoms with Gasteiger partial charge >= 0.3 is 0 Å². The normalized spacial score (nSPS) is 15.6. The van der Waals surface area contributed by atoms with Crippen LogP contribution in [0.25, 0.3) is 11.3 Å². The van der Waals surface area contributed by atoms with E-state index < -0.39 is 10.0 Å². The average molecular weight is 419 g/mol. The Kier molecular flexibility index (Phi) is 5.35. The average Bonchev–Trinajstić information content (AvgIpc) is 3.44. The Morgan fingerprint density at radius 3 is 2.78 bits per heavy atom. The quantitative estimate of drug-likeness (QED) is 0.483. The van der Waals surface area contributed by atoms with Crippen molar-refractivity contribution < 1.29 is 8.42 Å². The molecular formula is C18H18N4O2S3. The van der Waals surface area contributed by atoms with Crippen LogP contribution in [0.5, 0.6) is 0 Å². The molecule has 6 nitrogen and oxygen atoms in total. The number of thiazole rings is 1. The Labute approximate surface area is 166 Å². The maximum absolute atomic E-state index is 12.8. The van der Waals surface area contributed by atoms with E-state index in [1.165, 1.54) is 11.3 Å². The number of aromatic nitrogens is 1. The molecule has 0 radical (unpaired) electrons. The van der Waals surface area contributed by atoms with Gasteiger partial charge in [0.1, 0.15) is 0 Å². The first-order valence-electron chi connectivity index (χ1n) is 8.52. The zero-order valence-corrected chi connectivity index (χ0v) is 16.9. The summed E-state index contributed by atoms with van der Waals surface area (Å²) in [7, 11) is -3.43. The second-order valence-electron chi connectivity index (χ2n) is 6.06. The third-order valence-electron chi connectivity index (χ3n) is 4.23. The van der Waals surface area contributed by atoms with Crippen molar-refractivity contribution in [1.29, 1.82) is 0 Å². The fourth-order valence-corrected chi connectivity index (χ4v) is 5.68. The molecule has 1 aliphatic rings. The maximum atomic E-state index is 12.8. The Hall–Kier alpha value is -2.07. The van der Waals surface area contributed by atoms with Crippen LogP contribution in [0, 0.1) is 0 Å². The highest BCUT2D eigenvalue weighted by molar-refractivity contribution is 7.89. The largest absolute Gasteiger partial charge is 0.253 e. The summed E-state index contributed by atoms with van der Waals surface area (Å²) in [5, 5.41) is 8.72. The van der Waals surface area contributed by atoms with Gasteiger partial charge in [0, 0.05) is 28.9 Å². The molecule has 4 rings (SSSR count). The van der Waals surface area contributed by atoms with E-state index in [0.717, 1.165) is 29.0 Å². The fraction of sp³-hybridized carbons (Fsp3) is 0.222. The summed E-state index contributed by atoms with van der Waals surface area (Å²) in [6.45, 7) is 1.19. The van der Waals surface area contributed by atoms with Crippen LogP contribution in [0.1, 0.15) is 17.7 Å². The van der Waals surface area contributed by atoms with Crippen LogP contribution in [0.3, 0.4) is 0 Å². The van der Waals surface area contributed by atoms with Crippen LogP contribution in [0.2, 0.25) is 0 Å². The van der Waals surface area contributed by atoms with Crippen LogP contribution in [-0.4, -0.2) is 37.0 Å². The zero-order valence-electron chi connectivity index (χ0n) is 14.4. The Morgan fingerprint density at radius 1 is 1.15 bits per heavy atom. The highest BCUT2D eigenvalue weighted by Crippen LogP contribution is 2.28. The topological polar surface area (TPSA) is 74.7 Å². The lowest BCUT2D eigenvalue weighted by Crippen LogP contribution is -2.27. The molecule has 9 heteroatoms. The van der Waals surface area contributed by atoms with Crippen molar-refractivity contribution in [1.82, 2.24) is 9.29 Å². The summed E-state index contributed by atoms with van der Waals surface area (Å²) in [4.78, 5) is 5.88. The summed E-state index contributed by atoms with van der Waals surface area (Å²) in [5.41, 5.74) is 4.43. The van der Waals surface area contributed by atoms with E-state index in [-0.39, 0.29) is 0 Å². The van der Waals surface area contributed by atoms with Gasteiger partial charge in [-0.2, -0.15) is 9.41 Å². The molecule has 27 heavy (non-hydrogen) atoms. The number of benzene rings is 1. The lowest BCUT2D eigenvalue weighted by molar-refractivity contribution is 0.477. The Morgan fingerprint density at radius 2 is 2.00 bits per heavy atom. The molecule has 0 bridgehead atoms. The molecule has 0 spiro atoms. The molecule has 0 amide bonds. The minimum absolute atomic E-state index is 0.320. The number of nitrogens with one attached hydrogen (secondary N) is 1. The van der Waals surface area contributed by atoms with E-state index in [1.807, 2.05) is 29.0 Å². The molecule has 1 saturated heterocycles. The Balaban J connectivity index is 1.51. The van der Waals surface area contributed by atoms with Gasteiger partial charge in [-0.05, 0) is 36.4 Å². The number of hydrogen-bond acceptors (Lipinski definition) is 7. The van der Waals surface area contributed by atoms with Crippen LogP contribution in [0.15, 0.2) is 57.2 Å². The van der Waals surface area contributed by atoms with Gasteiger partial charge in [0.25, 0.3) is 0 Å². The van der Waals surface area contributed by atoms with E-state index in [2.05, 4.69) is 15.5 Å². The first-order chi connectivity index (χ1) is 13.1. The number of anilines is 1. The van der Waals surface area contributed by atoms with Crippen molar-refractivity contribution >= 4 is 44.0 Å². The van der Waals surface area contributed by atoms with Gasteiger partial charge in [0.05, 0.1) is 16.8 Å². The first kappa shape index (κ1) is 18.3. The predicted octanol–water partition coefficient (Wildman–Crippen LogP) is 4.10. The number of sulfonamides is 1. The molecular weight excluding hydrogens is 400 g/mol. The molecule has 0 atom stereocenters. The van der Waals surface area contributed by atoms with E-state index >= 15 is 0 Å². The first-order valence-corrected chi connectivity index (χ1v) is 11.7. The lowest BCUT2D eigenvalue weighted by atomic mass is 10.2. The molecule has 3 aromatic rings. The van der Waals surface area contributed by atoms with Crippen molar-refractivity contribution in [3.63, 3.8) is 0 Å². The highest BCUT2D eigenvalue weighted by Gasteiger charge is 2.27. The number of rotatable bonds is 6. The van der Waals surface area contributed by atoms with Crippen molar-refractivity contribution in [2.24, 2.45) is 5.10 Å². The van der Waals surface area contributed by atoms with Crippen LogP contribution in [0.4, 0.5) is 5.13 Å². The Bertz CT molecular complexity index is 1040. The molecule has 1 aromatic carbocycles. The minimum atomic E-state index is -3.43. The number of nitrogens with zero attached hydrogens (tertiary/aromatic N) is 3. The van der Waals surface area contributed by atoms with Crippen molar-refractivity contribution in [3.05, 3.63) is 52.0 Å². The molecule has 0 aliphatic carbocycles. The van der Waals surface area contributed by atoms with Crippen LogP contribution >= 0.6 is 22.7 Å². The van der Waals surface area contributed by atoms with Gasteiger partial charge in [-0.15, -0.1) is 22.7 Å². The van der Waals surface area contributed by atoms with Gasteiger partial charge in [-0.3, -0.25) is 5.43 Å². The molecule has 1 fully saturated rings. The predicted molar refractivity (Wildman–Crippen MR) is 111 cm³/mol. The number of hydrogen-bond donors (Lipinski definition) is 1. The third kappa shape index (κ3) is 4.11. The molecule has 0 saturated carbocycles. The second kappa shape index (κ2) is 7.89. The molecule has 0 unspecified atom stereocenters. The van der Waals surface area contributed by atoms with Gasteiger partial charge in [-0.1, -0.05) is 18.2 Å². The van der Waals surface area contributed by atoms with Gasteiger partial charge in [0.2, 0.25) is 15.2 Å². The monoisotopic (exact) mass is 418 g/mol. The van der Waals surface area contributed by atoms with Gasteiger partial charge in [-0.25, -0.2) is 13.4 Å². The maximum Gasteiger partial charge on any atom is 0.243 e. The smallest absolute Gasteiger partial charge is 0.243 e. The highest BCUT2D eigenvalue weighted by atomic mass is 32.2. The molecule has 3 heterocycles. The van der Waals surface area contributed by atoms with Crippen LogP contribution in [-0.2, 0) is 10.0 Å². The van der Waals surface area contributed by atoms with E-state index in [4.69, 9.17) is 0 Å². The fourth-order valence-electron chi connectivity index (χ4n) is 2.87. The summed E-state index contributed by atoms with van der Waals surface area (Å²) in [6, 6.07) is 10.9. The zero-order chi connectivity index (χ0) is 18.7. The van der Waals surface area contributed by atoms with E-state index in [1.54, 1.807) is 40.1 Å². The molecule has 140 valence electrons. The standard InChI is InChI=1S/C18H18N4O2S3/c23-27(24,22-8-1-2-9-22)16-7-3-5-14(11-16)17-13-26-18(20-17)21-19-12-15-6-4-10-25-15/h3-7,10-13H,1-2,8-9H2,(H,20,21)/b19-12-. The van der Waals surface area contributed by atoms with Gasteiger partial charge < -0.3 is 0 Å². The molecule has 1 aliphatic heterocycles. The summed E-state index contributed by atoms with van der Waals surface area (Å²) < 4.78 is 27.1. The van der Waals surface area contributed by atoms with E-state index in [9.17, 15) is 8.42 Å².